The first kappa shape index (κ1) is 87.4. The van der Waals surface area contributed by atoms with Crippen LogP contribution in [0.4, 0.5) is 0 Å². The van der Waals surface area contributed by atoms with Gasteiger partial charge in [-0.05, 0) is 81.4 Å². The molecule has 39 heteroatoms. The molecule has 0 aliphatic rings. The van der Waals surface area contributed by atoms with Crippen molar-refractivity contribution in [1.29, 1.82) is 0 Å². The number of phenolic OH excluding ortho intramolecular Hbond substituents is 1. The Morgan fingerprint density at radius 1 is 0.420 bits per heavy atom. The van der Waals surface area contributed by atoms with Crippen molar-refractivity contribution in [2.24, 2.45) is 29.2 Å². The van der Waals surface area contributed by atoms with Gasteiger partial charge in [0.15, 0.2) is 0 Å². The number of hydrogen-bond acceptors (Lipinski definition) is 21. The highest BCUT2D eigenvalue weighted by molar-refractivity contribution is 6.00. The molecule has 0 saturated carbocycles. The lowest BCUT2D eigenvalue weighted by molar-refractivity contribution is -0.143. The van der Waals surface area contributed by atoms with Gasteiger partial charge in [-0.15, -0.1) is 0 Å². The first-order valence-electron chi connectivity index (χ1n) is 31.8. The van der Waals surface area contributed by atoms with Gasteiger partial charge in [0.1, 0.15) is 66.2 Å². The summed E-state index contributed by atoms with van der Waals surface area (Å²) < 4.78 is 0. The molecular formula is C61H95N15O24. The molecule has 0 heterocycles. The second-order valence-corrected chi connectivity index (χ2v) is 24.3. The zero-order valence-electron chi connectivity index (χ0n) is 56.7. The monoisotopic (exact) mass is 1420 g/mol. The molecule has 0 aliphatic heterocycles. The van der Waals surface area contributed by atoms with Crippen LogP contribution in [-0.4, -0.2) is 230 Å². The zero-order chi connectivity index (χ0) is 76.3. The maximum atomic E-state index is 14.4. The minimum absolute atomic E-state index is 0.0783. The van der Waals surface area contributed by atoms with Gasteiger partial charge >= 0.3 is 23.9 Å². The smallest absolute Gasteiger partial charge is 0.328 e. The SMILES string of the molecule is CC[C@H](C)[C@H](NC(=O)CNC(=O)CNC(=O)[C@H](CC(C)C)NC(=O)[C@H](CCC(=O)O)NC(=O)CNC(=O)[C@H](CCC(=O)O)NC(=O)[C@H](C)N)C(=O)N[C@@H](Cc1ccc(O)cc1)C(=O)N[C@@H](CCC(N)=O)C(=O)N[C@@H](CC(=O)O)C(=O)N[C@@H](CC(C)C)C(=O)N[C@@H](C)C(=O)N[C@@H](CO)C(=O)O. The summed E-state index contributed by atoms with van der Waals surface area (Å²) in [5.74, 6) is -22.0. The van der Waals surface area contributed by atoms with E-state index in [1.54, 1.807) is 41.5 Å². The summed E-state index contributed by atoms with van der Waals surface area (Å²) >= 11 is 0. The van der Waals surface area contributed by atoms with Gasteiger partial charge in [0.25, 0.3) is 0 Å². The minimum atomic E-state index is -2.01. The Kier molecular flexibility index (Phi) is 38.8. The number of carboxylic acids is 4. The van der Waals surface area contributed by atoms with Crippen LogP contribution < -0.4 is 80.6 Å². The van der Waals surface area contributed by atoms with Crippen molar-refractivity contribution < 1.29 is 117 Å². The van der Waals surface area contributed by atoms with Crippen molar-refractivity contribution in [3.8, 4) is 5.75 Å². The Morgan fingerprint density at radius 3 is 1.30 bits per heavy atom. The normalized spacial score (nSPS) is 14.6. The van der Waals surface area contributed by atoms with Crippen molar-refractivity contribution in [1.82, 2.24) is 69.1 Å². The fourth-order valence-electron chi connectivity index (χ4n) is 9.01. The van der Waals surface area contributed by atoms with Gasteiger partial charge in [-0.2, -0.15) is 0 Å². The number of carbonyl (C=O) groups excluding carboxylic acids is 14. The lowest BCUT2D eigenvalue weighted by atomic mass is 9.97. The van der Waals surface area contributed by atoms with E-state index in [0.29, 0.717) is 5.56 Å². The number of benzene rings is 1. The second kappa shape index (κ2) is 44.3. The number of carboxylic acid groups (broad SMARTS) is 4. The van der Waals surface area contributed by atoms with Gasteiger partial charge in [-0.3, -0.25) is 81.5 Å². The lowest BCUT2D eigenvalue weighted by Crippen LogP contribution is -2.61. The van der Waals surface area contributed by atoms with E-state index in [1.807, 2.05) is 5.32 Å². The molecule has 100 heavy (non-hydrogen) atoms. The van der Waals surface area contributed by atoms with Crippen LogP contribution in [0.2, 0.25) is 0 Å². The lowest BCUT2D eigenvalue weighted by Gasteiger charge is -2.28. The van der Waals surface area contributed by atoms with Gasteiger partial charge in [-0.25, -0.2) is 4.79 Å². The van der Waals surface area contributed by atoms with Crippen molar-refractivity contribution >= 4 is 107 Å². The molecule has 0 radical (unpaired) electrons. The maximum absolute atomic E-state index is 14.4. The van der Waals surface area contributed by atoms with Crippen LogP contribution >= 0.6 is 0 Å². The predicted octanol–water partition coefficient (Wildman–Crippen LogP) is -6.82. The van der Waals surface area contributed by atoms with Crippen molar-refractivity contribution in [3.05, 3.63) is 29.8 Å². The molecule has 0 bridgehead atoms. The summed E-state index contributed by atoms with van der Waals surface area (Å²) in [6.45, 7) is 8.81. The Balaban J connectivity index is 3.39. The number of aliphatic hydroxyl groups is 1. The van der Waals surface area contributed by atoms with Gasteiger partial charge in [0.2, 0.25) is 82.7 Å². The quantitative estimate of drug-likeness (QED) is 0.0288. The van der Waals surface area contributed by atoms with E-state index >= 15 is 0 Å². The third-order valence-electron chi connectivity index (χ3n) is 14.7. The topological polar surface area (TPSA) is 637 Å². The molecule has 23 N–H and O–H groups in total. The number of nitrogens with one attached hydrogen (secondary N) is 13. The highest BCUT2D eigenvalue weighted by atomic mass is 16.4. The van der Waals surface area contributed by atoms with Crippen LogP contribution in [0, 0.1) is 17.8 Å². The number of primary amides is 1. The number of nitrogens with two attached hydrogens (primary N) is 2. The molecule has 0 unspecified atom stereocenters. The molecule has 1 aromatic rings. The zero-order valence-corrected chi connectivity index (χ0v) is 56.7. The van der Waals surface area contributed by atoms with Gasteiger partial charge < -0.3 is 111 Å². The average molecular weight is 1420 g/mol. The van der Waals surface area contributed by atoms with Gasteiger partial charge in [0.05, 0.1) is 38.7 Å². The van der Waals surface area contributed by atoms with Crippen molar-refractivity contribution in [2.45, 2.75) is 192 Å². The first-order chi connectivity index (χ1) is 46.7. The summed E-state index contributed by atoms with van der Waals surface area (Å²) in [7, 11) is 0. The molecule has 0 fully saturated rings. The molecule has 558 valence electrons. The maximum Gasteiger partial charge on any atom is 0.328 e. The largest absolute Gasteiger partial charge is 0.508 e. The standard InChI is InChI=1S/C61H95N15O24/c1-9-30(6)50(76-46(82)25-64-44(80)24-65-54(92)38(20-28(2)3)71-55(93)36(16-19-48(85)86)68-45(81)26-66-53(91)35(15-18-47(83)84)69-51(89)31(7)62)60(98)74-40(22-33-10-12-34(78)13-11-33)58(96)70-37(14-17-43(63)79)56(94)73-41(23-49(87)88)59(97)72-39(21-29(4)5)57(95)67-32(8)52(90)75-42(27-77)61(99)100/h10-13,28-32,35-42,50,77-78H,9,14-27,62H2,1-8H3,(H2,63,79)(H,64,80)(H,65,92)(H,66,91)(H,67,95)(H,68,81)(H,69,89)(H,70,96)(H,71,93)(H,72,97)(H,73,94)(H,74,98)(H,75,90)(H,76,82)(H,83,84)(H,85,86)(H,87,88)(H,99,100)/t30-,31-,32-,35-,36-,37-,38-,39-,40-,41-,42-,50-/m0/s1. The number of carbonyl (C=O) groups is 18. The molecule has 39 nitrogen and oxygen atoms in total. The number of aliphatic hydroxyl groups excluding tert-OH is 1. The average Bonchev–Trinajstić information content (AvgIpc) is 0.859. The second-order valence-electron chi connectivity index (χ2n) is 24.3. The molecule has 1 aromatic carbocycles. The first-order valence-corrected chi connectivity index (χ1v) is 31.8. The molecule has 12 atom stereocenters. The van der Waals surface area contributed by atoms with Crippen molar-refractivity contribution in [2.75, 3.05) is 26.2 Å². The molecule has 0 saturated heterocycles. The number of rotatable bonds is 47. The van der Waals surface area contributed by atoms with Crippen LogP contribution in [0.25, 0.3) is 0 Å². The molecular weight excluding hydrogens is 1330 g/mol. The van der Waals surface area contributed by atoms with E-state index in [4.69, 9.17) is 16.6 Å². The van der Waals surface area contributed by atoms with E-state index in [1.165, 1.54) is 31.2 Å². The predicted molar refractivity (Wildman–Crippen MR) is 347 cm³/mol. The van der Waals surface area contributed by atoms with Gasteiger partial charge in [0, 0.05) is 25.7 Å². The van der Waals surface area contributed by atoms with E-state index in [2.05, 4.69) is 63.8 Å². The Hall–Kier alpha value is -10.6. The summed E-state index contributed by atoms with van der Waals surface area (Å²) in [6, 6.07) is -12.0. The Labute approximate surface area is 574 Å². The summed E-state index contributed by atoms with van der Waals surface area (Å²) in [6.07, 6.45) is -4.87. The Bertz CT molecular complexity index is 3080. The number of aliphatic carboxylic acids is 4. The molecule has 14 amide bonds. The number of phenols is 1. The van der Waals surface area contributed by atoms with E-state index < -0.39 is 250 Å². The fraction of sp³-hybridized carbons (Fsp3) is 0.607. The van der Waals surface area contributed by atoms with Crippen molar-refractivity contribution in [3.63, 3.8) is 0 Å². The van der Waals surface area contributed by atoms with E-state index in [0.717, 1.165) is 6.92 Å². The molecule has 1 rings (SSSR count). The third kappa shape index (κ3) is 34.6. The van der Waals surface area contributed by atoms with E-state index in [-0.39, 0.29) is 43.3 Å². The molecule has 0 aliphatic carbocycles. The van der Waals surface area contributed by atoms with Gasteiger partial charge in [-0.1, -0.05) is 60.1 Å². The summed E-state index contributed by atoms with van der Waals surface area (Å²) in [5.41, 5.74) is 11.2. The summed E-state index contributed by atoms with van der Waals surface area (Å²) in [4.78, 5) is 233. The molecule has 0 spiro atoms. The number of amides is 14. The summed E-state index contributed by atoms with van der Waals surface area (Å²) in [5, 5.41) is 86.8. The van der Waals surface area contributed by atoms with E-state index in [9.17, 15) is 112 Å². The molecule has 0 aromatic heterocycles. The number of aromatic hydroxyl groups is 1. The van der Waals surface area contributed by atoms with Crippen LogP contribution in [0.1, 0.15) is 125 Å². The van der Waals surface area contributed by atoms with Crippen LogP contribution in [0.5, 0.6) is 5.75 Å². The van der Waals surface area contributed by atoms with Crippen LogP contribution in [-0.2, 0) is 92.7 Å². The number of hydrogen-bond donors (Lipinski definition) is 21. The highest BCUT2D eigenvalue weighted by Crippen LogP contribution is 2.15. The Morgan fingerprint density at radius 2 is 0.820 bits per heavy atom. The fourth-order valence-corrected chi connectivity index (χ4v) is 9.01. The highest BCUT2D eigenvalue weighted by Gasteiger charge is 2.37. The minimum Gasteiger partial charge on any atom is -0.508 e. The third-order valence-corrected chi connectivity index (χ3v) is 14.7. The van der Waals surface area contributed by atoms with Crippen LogP contribution in [0.3, 0.4) is 0 Å². The van der Waals surface area contributed by atoms with Crippen LogP contribution in [0.15, 0.2) is 24.3 Å².